The van der Waals surface area contributed by atoms with Crippen LogP contribution in [0.1, 0.15) is 24.0 Å². The van der Waals surface area contributed by atoms with Crippen LogP contribution in [0.3, 0.4) is 0 Å². The zero-order valence-corrected chi connectivity index (χ0v) is 19.0. The summed E-state index contributed by atoms with van der Waals surface area (Å²) < 4.78 is 0. The molecule has 4 rings (SSSR count). The molecule has 2 amide bonds. The first-order valence-corrected chi connectivity index (χ1v) is 10.7. The van der Waals surface area contributed by atoms with E-state index in [4.69, 9.17) is 5.73 Å². The first kappa shape index (κ1) is 24.4. The number of phenols is 1. The van der Waals surface area contributed by atoms with Crippen molar-refractivity contribution in [2.45, 2.75) is 30.6 Å². The Labute approximate surface area is 199 Å². The monoisotopic (exact) mass is 487 g/mol. The van der Waals surface area contributed by atoms with E-state index >= 15 is 0 Å². The van der Waals surface area contributed by atoms with Crippen LogP contribution in [0.4, 0.5) is 5.69 Å². The molecular formula is C23H25N3O9. The number of fused-ring (bicyclic) bond motifs is 3. The summed E-state index contributed by atoms with van der Waals surface area (Å²) in [7, 11) is 2.87. The highest BCUT2D eigenvalue weighted by atomic mass is 16.4. The van der Waals surface area contributed by atoms with Crippen LogP contribution >= 0.6 is 0 Å². The second kappa shape index (κ2) is 7.90. The van der Waals surface area contributed by atoms with Crippen molar-refractivity contribution in [2.75, 3.05) is 19.4 Å². The number of nitrogens with two attached hydrogens (primary N) is 1. The van der Waals surface area contributed by atoms with Gasteiger partial charge < -0.3 is 36.6 Å². The van der Waals surface area contributed by atoms with Crippen molar-refractivity contribution in [3.05, 3.63) is 40.2 Å². The van der Waals surface area contributed by atoms with Crippen LogP contribution in [0.25, 0.3) is 5.76 Å². The van der Waals surface area contributed by atoms with Crippen LogP contribution in [-0.4, -0.2) is 86.2 Å². The number of hydrogen-bond acceptors (Lipinski definition) is 10. The molecule has 0 heterocycles. The zero-order chi connectivity index (χ0) is 26.1. The molecule has 8 N–H and O–H groups in total. The number of aromatic hydroxyl groups is 1. The molecule has 0 aliphatic heterocycles. The first-order valence-electron chi connectivity index (χ1n) is 10.7. The minimum absolute atomic E-state index is 0.0633. The van der Waals surface area contributed by atoms with Crippen molar-refractivity contribution in [3.63, 3.8) is 0 Å². The van der Waals surface area contributed by atoms with E-state index in [9.17, 15) is 44.7 Å². The molecule has 1 saturated carbocycles. The third-order valence-corrected chi connectivity index (χ3v) is 7.34. The van der Waals surface area contributed by atoms with Gasteiger partial charge in [0.1, 0.15) is 22.8 Å². The maximum Gasteiger partial charge on any atom is 0.255 e. The van der Waals surface area contributed by atoms with E-state index in [2.05, 4.69) is 5.32 Å². The molecule has 0 unspecified atom stereocenters. The zero-order valence-electron chi connectivity index (χ0n) is 19.0. The number of carbonyl (C=O) groups is 4. The number of carbonyl (C=O) groups excluding carboxylic acids is 4. The molecule has 6 atom stereocenters. The topological polar surface area (TPSA) is 211 Å². The fraction of sp³-hybridized carbons (Fsp3) is 0.391. The Bertz CT molecular complexity index is 1250. The van der Waals surface area contributed by atoms with E-state index in [-0.39, 0.29) is 11.3 Å². The molecule has 0 spiro atoms. The van der Waals surface area contributed by atoms with E-state index in [0.29, 0.717) is 12.0 Å². The molecule has 0 aromatic heterocycles. The molecular weight excluding hydrogens is 462 g/mol. The molecule has 12 nitrogen and oxygen atoms in total. The molecule has 1 aromatic carbocycles. The second-order valence-electron chi connectivity index (χ2n) is 9.24. The van der Waals surface area contributed by atoms with Gasteiger partial charge in [0.25, 0.3) is 5.91 Å². The van der Waals surface area contributed by atoms with Gasteiger partial charge in [-0.2, -0.15) is 0 Å². The Morgan fingerprint density at radius 1 is 1.20 bits per heavy atom. The van der Waals surface area contributed by atoms with Crippen LogP contribution in [-0.2, 0) is 19.2 Å². The molecule has 0 bridgehead atoms. The van der Waals surface area contributed by atoms with Crippen molar-refractivity contribution in [2.24, 2.45) is 17.6 Å². The summed E-state index contributed by atoms with van der Waals surface area (Å²) in [5.41, 5.74) is 0.884. The van der Waals surface area contributed by atoms with Gasteiger partial charge in [-0.05, 0) is 31.6 Å². The van der Waals surface area contributed by atoms with Crippen LogP contribution in [0.5, 0.6) is 5.75 Å². The third-order valence-electron chi connectivity index (χ3n) is 7.34. The van der Waals surface area contributed by atoms with Crippen molar-refractivity contribution < 1.29 is 44.7 Å². The van der Waals surface area contributed by atoms with Crippen molar-refractivity contribution in [1.82, 2.24) is 4.90 Å². The summed E-state index contributed by atoms with van der Waals surface area (Å²) in [5.74, 6) is -9.73. The average Bonchev–Trinajstić information content (AvgIpc) is 2.77. The summed E-state index contributed by atoms with van der Waals surface area (Å²) in [5, 5.41) is 57.9. The van der Waals surface area contributed by atoms with Crippen molar-refractivity contribution >= 4 is 35.3 Å². The summed E-state index contributed by atoms with van der Waals surface area (Å²) >= 11 is 0. The number of rotatable bonds is 4. The van der Waals surface area contributed by atoms with Crippen LogP contribution < -0.4 is 11.1 Å². The number of nitrogens with one attached hydrogen (secondary N) is 1. The third kappa shape index (κ3) is 2.97. The lowest BCUT2D eigenvalue weighted by molar-refractivity contribution is -0.169. The molecule has 0 radical (unpaired) electrons. The number of primary amides is 1. The predicted octanol–water partition coefficient (Wildman–Crippen LogP) is -0.936. The smallest absolute Gasteiger partial charge is 0.255 e. The Balaban J connectivity index is 2.05. The number of phenolic OH excluding ortho intramolecular Hbond substituents is 1. The SMILES string of the molecule is C[C@@H]1c2ccc(NC=O)c(O)c2C(O)=C2C(=O)[C@@]3(O)C(O)=C(C(N)=O)C(=O)[C@H](N(C)C)[C@H]3[C@H](O)[C@H]21. The molecule has 12 heteroatoms. The lowest BCUT2D eigenvalue weighted by Gasteiger charge is -2.53. The van der Waals surface area contributed by atoms with Crippen LogP contribution in [0.15, 0.2) is 29.0 Å². The van der Waals surface area contributed by atoms with E-state index in [1.54, 1.807) is 6.92 Å². The van der Waals surface area contributed by atoms with Gasteiger partial charge in [0, 0.05) is 11.5 Å². The number of anilines is 1. The Kier molecular flexibility index (Phi) is 5.51. The maximum atomic E-state index is 13.8. The highest BCUT2D eigenvalue weighted by molar-refractivity contribution is 6.24. The molecule has 3 aliphatic carbocycles. The number of amides is 2. The number of ketones is 2. The lowest BCUT2D eigenvalue weighted by atomic mass is 9.54. The van der Waals surface area contributed by atoms with Gasteiger partial charge in [-0.15, -0.1) is 0 Å². The van der Waals surface area contributed by atoms with E-state index in [0.717, 1.165) is 0 Å². The van der Waals surface area contributed by atoms with Gasteiger partial charge in [-0.1, -0.05) is 13.0 Å². The van der Waals surface area contributed by atoms with E-state index in [1.807, 2.05) is 0 Å². The Hall–Kier alpha value is -3.74. The molecule has 1 aromatic rings. The van der Waals surface area contributed by atoms with Gasteiger partial charge in [0.05, 0.1) is 29.3 Å². The van der Waals surface area contributed by atoms with Crippen molar-refractivity contribution in [1.29, 1.82) is 0 Å². The number of Topliss-reactive ketones (excluding diaryl/α,β-unsaturated/α-hetero) is 2. The fourth-order valence-corrected chi connectivity index (χ4v) is 5.80. The Morgan fingerprint density at radius 3 is 2.37 bits per heavy atom. The van der Waals surface area contributed by atoms with Gasteiger partial charge in [-0.25, -0.2) is 0 Å². The molecule has 3 aliphatic rings. The van der Waals surface area contributed by atoms with Crippen molar-refractivity contribution in [3.8, 4) is 5.75 Å². The largest absolute Gasteiger partial charge is 0.508 e. The van der Waals surface area contributed by atoms with Gasteiger partial charge in [-0.3, -0.25) is 24.1 Å². The minimum atomic E-state index is -2.97. The second-order valence-corrected chi connectivity index (χ2v) is 9.24. The predicted molar refractivity (Wildman–Crippen MR) is 120 cm³/mol. The number of nitrogens with zero attached hydrogens (tertiary/aromatic N) is 1. The normalized spacial score (nSPS) is 32.2. The number of aliphatic hydroxyl groups excluding tert-OH is 3. The highest BCUT2D eigenvalue weighted by Crippen LogP contribution is 2.56. The molecule has 0 saturated heterocycles. The average molecular weight is 487 g/mol. The quantitative estimate of drug-likeness (QED) is 0.157. The molecule has 1 fully saturated rings. The summed E-state index contributed by atoms with van der Waals surface area (Å²) in [4.78, 5) is 51.1. The summed E-state index contributed by atoms with van der Waals surface area (Å²) in [6.45, 7) is 1.61. The van der Waals surface area contributed by atoms with Gasteiger partial charge in [0.15, 0.2) is 11.4 Å². The van der Waals surface area contributed by atoms with Crippen LogP contribution in [0.2, 0.25) is 0 Å². The lowest BCUT2D eigenvalue weighted by Crippen LogP contribution is -2.70. The van der Waals surface area contributed by atoms with Crippen LogP contribution in [0, 0.1) is 11.8 Å². The minimum Gasteiger partial charge on any atom is -0.508 e. The number of benzene rings is 1. The van der Waals surface area contributed by atoms with E-state index < -0.39 is 81.4 Å². The maximum absolute atomic E-state index is 13.8. The summed E-state index contributed by atoms with van der Waals surface area (Å²) in [6.07, 6.45) is -1.36. The van der Waals surface area contributed by atoms with Gasteiger partial charge in [0.2, 0.25) is 12.2 Å². The first-order chi connectivity index (χ1) is 16.3. The standard InChI is InChI=1S/C23H25N3O9/c1-7-8-4-5-9(25-6-27)16(28)11(8)17(29)12-10(7)18(30)14-15(26(2)3)19(31)13(22(24)34)21(33)23(14,35)20(12)32/h4-7,10,14-15,18,28-30,33,35H,1-3H3,(H2,24,34)(H,25,27)/t7-,10+,14+,15-,18-,23-/m1/s1. The fourth-order valence-electron chi connectivity index (χ4n) is 5.80. The Morgan fingerprint density at radius 2 is 1.83 bits per heavy atom. The molecule has 186 valence electrons. The summed E-state index contributed by atoms with van der Waals surface area (Å²) in [6, 6.07) is 1.46. The highest BCUT2D eigenvalue weighted by Gasteiger charge is 2.68. The molecule has 35 heavy (non-hydrogen) atoms. The number of hydrogen-bond donors (Lipinski definition) is 7. The number of aliphatic hydroxyl groups is 4. The number of likely N-dealkylation sites (N-methyl/N-ethyl adjacent to an activating group) is 1. The van der Waals surface area contributed by atoms with Gasteiger partial charge >= 0.3 is 0 Å². The van der Waals surface area contributed by atoms with E-state index in [1.165, 1.54) is 31.1 Å².